The monoisotopic (exact) mass is 412 g/mol. The minimum atomic E-state index is -4.97. The zero-order valence-corrected chi connectivity index (χ0v) is 15.7. The smallest absolute Gasteiger partial charge is 0.435 e. The summed E-state index contributed by atoms with van der Waals surface area (Å²) in [5, 5.41) is 3.58. The molecule has 152 valence electrons. The molecule has 0 fully saturated rings. The number of nitrogens with zero attached hydrogens (tertiary/aromatic N) is 1. The zero-order chi connectivity index (χ0) is 21.0. The number of amides is 2. The molecule has 0 radical (unpaired) electrons. The van der Waals surface area contributed by atoms with Crippen LogP contribution in [0, 0.1) is 0 Å². The van der Waals surface area contributed by atoms with Gasteiger partial charge in [-0.1, -0.05) is 11.3 Å². The Balaban J connectivity index is 3.11. The van der Waals surface area contributed by atoms with Gasteiger partial charge in [-0.25, -0.2) is 14.6 Å². The molecule has 0 aromatic carbocycles. The third-order valence-corrected chi connectivity index (χ3v) is 3.71. The Hall–Kier alpha value is -2.41. The Bertz CT molecular complexity index is 715. The van der Waals surface area contributed by atoms with E-state index in [1.165, 1.54) is 0 Å². The first-order valence-electron chi connectivity index (χ1n) is 7.45. The van der Waals surface area contributed by atoms with Gasteiger partial charge in [-0.3, -0.25) is 10.1 Å². The third kappa shape index (κ3) is 6.67. The maximum absolute atomic E-state index is 13.2. The number of aromatic nitrogens is 1. The van der Waals surface area contributed by atoms with Gasteiger partial charge in [-0.05, 0) is 20.8 Å². The molecule has 1 aromatic rings. The molecule has 0 bridgehead atoms. The minimum absolute atomic E-state index is 0.273. The molecule has 1 heterocycles. The number of thiazole rings is 1. The van der Waals surface area contributed by atoms with E-state index in [0.29, 0.717) is 0 Å². The lowest BCUT2D eigenvalue weighted by Crippen LogP contribution is -2.46. The standard InChI is InChI=1S/C14H19F3N4O5S/c1-13(2,3)26-12(24)21-11-20-8(14(15,16)17)7(27-11)9(22)19-6(5-18)10(23)25-4/h6H,5,18H2,1-4H3,(H,19,22)(H,20,21,24)/t6-/m0/s1. The fraction of sp³-hybridized carbons (Fsp3) is 0.571. The fourth-order valence-electron chi connectivity index (χ4n) is 1.69. The van der Waals surface area contributed by atoms with Gasteiger partial charge in [0.2, 0.25) is 0 Å². The maximum Gasteiger partial charge on any atom is 0.435 e. The number of hydrogen-bond acceptors (Lipinski definition) is 8. The van der Waals surface area contributed by atoms with Gasteiger partial charge in [0.15, 0.2) is 10.8 Å². The van der Waals surface area contributed by atoms with Crippen LogP contribution in [0.3, 0.4) is 0 Å². The summed E-state index contributed by atoms with van der Waals surface area (Å²) in [6, 6.07) is -1.34. The summed E-state index contributed by atoms with van der Waals surface area (Å²) in [5.74, 6) is -2.16. The average Bonchev–Trinajstić information content (AvgIpc) is 2.93. The number of nitrogens with one attached hydrogen (secondary N) is 2. The average molecular weight is 412 g/mol. The Labute approximate surface area is 156 Å². The van der Waals surface area contributed by atoms with E-state index >= 15 is 0 Å². The third-order valence-electron chi connectivity index (χ3n) is 2.74. The number of halogens is 3. The maximum atomic E-state index is 13.2. The molecule has 27 heavy (non-hydrogen) atoms. The van der Waals surface area contributed by atoms with Crippen molar-refractivity contribution in [3.63, 3.8) is 0 Å². The van der Waals surface area contributed by atoms with Crippen molar-refractivity contribution in [3.8, 4) is 0 Å². The second-order valence-electron chi connectivity index (χ2n) is 6.11. The van der Waals surface area contributed by atoms with Gasteiger partial charge in [0.25, 0.3) is 5.91 Å². The van der Waals surface area contributed by atoms with E-state index in [2.05, 4.69) is 9.72 Å². The van der Waals surface area contributed by atoms with Gasteiger partial charge in [0, 0.05) is 6.54 Å². The SMILES string of the molecule is COC(=O)[C@H](CN)NC(=O)c1sc(NC(=O)OC(C)(C)C)nc1C(F)(F)F. The van der Waals surface area contributed by atoms with Gasteiger partial charge in [0.05, 0.1) is 7.11 Å². The summed E-state index contributed by atoms with van der Waals surface area (Å²) in [4.78, 5) is 37.7. The van der Waals surface area contributed by atoms with Crippen LogP contribution in [0.25, 0.3) is 0 Å². The summed E-state index contributed by atoms with van der Waals surface area (Å²) >= 11 is 0.273. The molecule has 0 saturated carbocycles. The van der Waals surface area contributed by atoms with Crippen LogP contribution in [-0.4, -0.2) is 48.3 Å². The first-order valence-corrected chi connectivity index (χ1v) is 8.27. The van der Waals surface area contributed by atoms with Gasteiger partial charge in [0.1, 0.15) is 16.5 Å². The lowest BCUT2D eigenvalue weighted by Gasteiger charge is -2.18. The summed E-state index contributed by atoms with van der Waals surface area (Å²) in [7, 11) is 1.04. The van der Waals surface area contributed by atoms with E-state index in [1.54, 1.807) is 20.8 Å². The molecule has 0 unspecified atom stereocenters. The number of ether oxygens (including phenoxy) is 2. The van der Waals surface area contributed by atoms with Gasteiger partial charge >= 0.3 is 18.2 Å². The van der Waals surface area contributed by atoms with Crippen LogP contribution in [0.1, 0.15) is 36.1 Å². The molecule has 2 amide bonds. The van der Waals surface area contributed by atoms with Crippen molar-refractivity contribution in [2.24, 2.45) is 5.73 Å². The first-order chi connectivity index (χ1) is 12.3. The van der Waals surface area contributed by atoms with E-state index in [9.17, 15) is 27.6 Å². The second-order valence-corrected chi connectivity index (χ2v) is 7.11. The molecule has 13 heteroatoms. The molecule has 0 aliphatic rings. The van der Waals surface area contributed by atoms with E-state index in [1.807, 2.05) is 10.6 Å². The van der Waals surface area contributed by atoms with Crippen molar-refractivity contribution in [2.45, 2.75) is 38.6 Å². The molecule has 1 rings (SSSR count). The first kappa shape index (κ1) is 22.6. The number of esters is 1. The van der Waals surface area contributed by atoms with Crippen molar-refractivity contribution in [1.82, 2.24) is 10.3 Å². The Morgan fingerprint density at radius 3 is 2.30 bits per heavy atom. The summed E-state index contributed by atoms with van der Waals surface area (Å²) < 4.78 is 48.9. The van der Waals surface area contributed by atoms with Gasteiger partial charge in [-0.2, -0.15) is 13.2 Å². The Morgan fingerprint density at radius 1 is 1.26 bits per heavy atom. The van der Waals surface area contributed by atoms with Crippen LogP contribution in [0.2, 0.25) is 0 Å². The van der Waals surface area contributed by atoms with E-state index < -0.39 is 51.5 Å². The van der Waals surface area contributed by atoms with Crippen LogP contribution in [0.4, 0.5) is 23.1 Å². The summed E-state index contributed by atoms with van der Waals surface area (Å²) in [6.45, 7) is 4.30. The lowest BCUT2D eigenvalue weighted by atomic mass is 10.2. The second kappa shape index (κ2) is 8.52. The van der Waals surface area contributed by atoms with Crippen LogP contribution in [0.5, 0.6) is 0 Å². The number of anilines is 1. The van der Waals surface area contributed by atoms with Gasteiger partial charge < -0.3 is 20.5 Å². The Kier molecular flexibility index (Phi) is 7.14. The molecule has 4 N–H and O–H groups in total. The fourth-order valence-corrected chi connectivity index (χ4v) is 2.56. The van der Waals surface area contributed by atoms with Crippen LogP contribution in [-0.2, 0) is 20.4 Å². The van der Waals surface area contributed by atoms with Crippen molar-refractivity contribution < 1.29 is 37.0 Å². The molecule has 0 aliphatic carbocycles. The number of carbonyl (C=O) groups is 3. The predicted octanol–water partition coefficient (Wildman–Crippen LogP) is 1.74. The highest BCUT2D eigenvalue weighted by Gasteiger charge is 2.40. The quantitative estimate of drug-likeness (QED) is 0.628. The van der Waals surface area contributed by atoms with Crippen LogP contribution in [0.15, 0.2) is 0 Å². The van der Waals surface area contributed by atoms with Gasteiger partial charge in [-0.15, -0.1) is 0 Å². The number of methoxy groups -OCH3 is 1. The molecular formula is C14H19F3N4O5S. The Morgan fingerprint density at radius 2 is 1.85 bits per heavy atom. The van der Waals surface area contributed by atoms with Crippen molar-refractivity contribution in [1.29, 1.82) is 0 Å². The lowest BCUT2D eigenvalue weighted by molar-refractivity contribution is -0.142. The number of rotatable bonds is 5. The minimum Gasteiger partial charge on any atom is -0.467 e. The molecular weight excluding hydrogens is 393 g/mol. The highest BCUT2D eigenvalue weighted by Crippen LogP contribution is 2.36. The normalized spacial score (nSPS) is 12.9. The molecule has 0 saturated heterocycles. The number of carbonyl (C=O) groups excluding carboxylic acids is 3. The number of alkyl halides is 3. The topological polar surface area (TPSA) is 133 Å². The van der Waals surface area contributed by atoms with Crippen molar-refractivity contribution in [2.75, 3.05) is 19.0 Å². The largest absolute Gasteiger partial charge is 0.467 e. The van der Waals surface area contributed by atoms with Crippen molar-refractivity contribution >= 4 is 34.4 Å². The molecule has 1 aromatic heterocycles. The zero-order valence-electron chi connectivity index (χ0n) is 14.9. The van der Waals surface area contributed by atoms with Crippen LogP contribution >= 0.6 is 11.3 Å². The number of hydrogen-bond donors (Lipinski definition) is 3. The molecule has 0 aliphatic heterocycles. The van der Waals surface area contributed by atoms with E-state index in [4.69, 9.17) is 10.5 Å². The highest BCUT2D eigenvalue weighted by atomic mass is 32.1. The summed E-state index contributed by atoms with van der Waals surface area (Å²) in [5.41, 5.74) is 2.90. The highest BCUT2D eigenvalue weighted by molar-refractivity contribution is 7.17. The van der Waals surface area contributed by atoms with Crippen LogP contribution < -0.4 is 16.4 Å². The molecule has 1 atom stereocenters. The molecule has 0 spiro atoms. The van der Waals surface area contributed by atoms with Crippen molar-refractivity contribution in [3.05, 3.63) is 10.6 Å². The number of nitrogens with two attached hydrogens (primary N) is 1. The van der Waals surface area contributed by atoms with E-state index in [-0.39, 0.29) is 17.9 Å². The predicted molar refractivity (Wildman–Crippen MR) is 89.3 cm³/mol. The van der Waals surface area contributed by atoms with E-state index in [0.717, 1.165) is 7.11 Å². The molecule has 9 nitrogen and oxygen atoms in total. The summed E-state index contributed by atoms with van der Waals surface area (Å²) in [6.07, 6.45) is -6.01.